The number of aryl methyl sites for hydroxylation is 1. The predicted molar refractivity (Wildman–Crippen MR) is 123 cm³/mol. The summed E-state index contributed by atoms with van der Waals surface area (Å²) < 4.78 is 41.5. The topological polar surface area (TPSA) is 123 Å². The number of hydrogen-bond donors (Lipinski definition) is 3. The van der Waals surface area contributed by atoms with E-state index in [0.717, 1.165) is 35.4 Å². The number of rotatable bonds is 7. The van der Waals surface area contributed by atoms with Crippen molar-refractivity contribution >= 4 is 26.7 Å². The van der Waals surface area contributed by atoms with E-state index in [1.807, 2.05) is 23.7 Å². The van der Waals surface area contributed by atoms with E-state index < -0.39 is 10.0 Å². The van der Waals surface area contributed by atoms with Gasteiger partial charge in [0, 0.05) is 30.2 Å². The molecule has 0 unspecified atom stereocenters. The van der Waals surface area contributed by atoms with E-state index >= 15 is 0 Å². The second kappa shape index (κ2) is 8.09. The number of ether oxygens (including phenoxy) is 2. The molecule has 33 heavy (non-hydrogen) atoms. The Morgan fingerprint density at radius 3 is 2.61 bits per heavy atom. The standard InChI is InChI=1S/C22H24N6O4S/c1-13-7-14(11-28-12-15-9-23-10-17(15)26-28)8-16-20(13)22(25-24-16)27-33(29,30)21-18(31-2)5-4-6-19(21)32-3/h4-8,12,23H,9-11H2,1-3H3,(H2,24,25,27). The van der Waals surface area contributed by atoms with Crippen LogP contribution in [0.3, 0.4) is 0 Å². The molecule has 0 amide bonds. The highest BCUT2D eigenvalue weighted by atomic mass is 32.2. The summed E-state index contributed by atoms with van der Waals surface area (Å²) in [5.74, 6) is 0.579. The van der Waals surface area contributed by atoms with Crippen molar-refractivity contribution in [3.63, 3.8) is 0 Å². The van der Waals surface area contributed by atoms with Crippen LogP contribution in [0.1, 0.15) is 22.4 Å². The Bertz CT molecular complexity index is 1410. The second-order valence-corrected chi connectivity index (χ2v) is 9.53. The third-order valence-electron chi connectivity index (χ3n) is 5.68. The number of H-pyrrole nitrogens is 1. The number of methoxy groups -OCH3 is 2. The Morgan fingerprint density at radius 1 is 1.15 bits per heavy atom. The monoisotopic (exact) mass is 468 g/mol. The zero-order valence-electron chi connectivity index (χ0n) is 18.5. The molecule has 0 aliphatic carbocycles. The van der Waals surface area contributed by atoms with Crippen molar-refractivity contribution in [1.82, 2.24) is 25.3 Å². The van der Waals surface area contributed by atoms with Gasteiger partial charge in [-0.05, 0) is 36.2 Å². The summed E-state index contributed by atoms with van der Waals surface area (Å²) in [4.78, 5) is -0.0818. The summed E-state index contributed by atoms with van der Waals surface area (Å²) in [6.45, 7) is 4.17. The molecule has 3 N–H and O–H groups in total. The number of hydrogen-bond acceptors (Lipinski definition) is 7. The largest absolute Gasteiger partial charge is 0.495 e. The van der Waals surface area contributed by atoms with Gasteiger partial charge < -0.3 is 14.8 Å². The van der Waals surface area contributed by atoms with Gasteiger partial charge in [-0.25, -0.2) is 8.42 Å². The number of aromatic nitrogens is 4. The molecule has 2 aromatic heterocycles. The van der Waals surface area contributed by atoms with E-state index in [9.17, 15) is 8.42 Å². The third kappa shape index (κ3) is 3.79. The van der Waals surface area contributed by atoms with Gasteiger partial charge in [0.05, 0.1) is 32.0 Å². The normalized spacial score (nSPS) is 13.3. The predicted octanol–water partition coefficient (Wildman–Crippen LogP) is 2.54. The lowest BCUT2D eigenvalue weighted by molar-refractivity contribution is 0.373. The quantitative estimate of drug-likeness (QED) is 0.381. The maximum Gasteiger partial charge on any atom is 0.270 e. The highest BCUT2D eigenvalue weighted by Crippen LogP contribution is 2.35. The minimum atomic E-state index is -4.04. The van der Waals surface area contributed by atoms with E-state index in [0.29, 0.717) is 11.9 Å². The number of benzene rings is 2. The van der Waals surface area contributed by atoms with Gasteiger partial charge in [0.2, 0.25) is 0 Å². The summed E-state index contributed by atoms with van der Waals surface area (Å²) in [5, 5.41) is 15.8. The van der Waals surface area contributed by atoms with Crippen LogP contribution < -0.4 is 19.5 Å². The fraction of sp³-hybridized carbons (Fsp3) is 0.273. The van der Waals surface area contributed by atoms with Gasteiger partial charge in [-0.2, -0.15) is 10.2 Å². The van der Waals surface area contributed by atoms with Gasteiger partial charge in [-0.1, -0.05) is 12.1 Å². The number of anilines is 1. The first-order valence-electron chi connectivity index (χ1n) is 10.4. The molecule has 0 radical (unpaired) electrons. The minimum absolute atomic E-state index is 0.0818. The van der Waals surface area contributed by atoms with Crippen molar-refractivity contribution in [3.8, 4) is 11.5 Å². The Kier molecular flexibility index (Phi) is 5.22. The first kappa shape index (κ1) is 21.3. The van der Waals surface area contributed by atoms with Gasteiger partial charge in [-0.15, -0.1) is 0 Å². The number of nitrogens with one attached hydrogen (secondary N) is 3. The van der Waals surface area contributed by atoms with Crippen molar-refractivity contribution in [2.24, 2.45) is 0 Å². The van der Waals surface area contributed by atoms with Crippen LogP contribution in [0.2, 0.25) is 0 Å². The van der Waals surface area contributed by atoms with Gasteiger partial charge in [-0.3, -0.25) is 14.5 Å². The van der Waals surface area contributed by atoms with E-state index in [2.05, 4.69) is 31.5 Å². The number of nitrogens with zero attached hydrogens (tertiary/aromatic N) is 3. The smallest absolute Gasteiger partial charge is 0.270 e. The van der Waals surface area contributed by atoms with Crippen molar-refractivity contribution in [1.29, 1.82) is 0 Å². The average molecular weight is 469 g/mol. The molecule has 0 saturated carbocycles. The Labute approximate surface area is 191 Å². The Morgan fingerprint density at radius 2 is 1.91 bits per heavy atom. The SMILES string of the molecule is COc1cccc(OC)c1S(=O)(=O)Nc1n[nH]c2cc(Cn3cc4c(n3)CNC4)cc(C)c12. The molecule has 11 heteroatoms. The van der Waals surface area contributed by atoms with Crippen molar-refractivity contribution in [2.45, 2.75) is 31.5 Å². The van der Waals surface area contributed by atoms with Crippen LogP contribution in [0.5, 0.6) is 11.5 Å². The first-order valence-corrected chi connectivity index (χ1v) is 11.8. The van der Waals surface area contributed by atoms with Crippen molar-refractivity contribution in [3.05, 3.63) is 58.9 Å². The molecular formula is C22H24N6O4S. The summed E-state index contributed by atoms with van der Waals surface area (Å²) in [7, 11) is -1.21. The van der Waals surface area contributed by atoms with Gasteiger partial charge >= 0.3 is 0 Å². The molecule has 2 aromatic carbocycles. The fourth-order valence-electron chi connectivity index (χ4n) is 4.24. The molecule has 1 aliphatic rings. The molecule has 5 rings (SSSR count). The number of aromatic amines is 1. The van der Waals surface area contributed by atoms with Crippen LogP contribution in [0.4, 0.5) is 5.82 Å². The zero-order valence-corrected chi connectivity index (χ0v) is 19.3. The zero-order chi connectivity index (χ0) is 23.2. The molecule has 3 heterocycles. The summed E-state index contributed by atoms with van der Waals surface area (Å²) in [6, 6.07) is 8.78. The third-order valence-corrected chi connectivity index (χ3v) is 7.08. The van der Waals surface area contributed by atoms with Crippen LogP contribution in [0.25, 0.3) is 10.9 Å². The van der Waals surface area contributed by atoms with Crippen LogP contribution in [-0.4, -0.2) is 42.6 Å². The molecule has 0 spiro atoms. The summed E-state index contributed by atoms with van der Waals surface area (Å²) >= 11 is 0. The van der Waals surface area contributed by atoms with Crippen LogP contribution in [0.15, 0.2) is 41.4 Å². The van der Waals surface area contributed by atoms with E-state index in [-0.39, 0.29) is 22.2 Å². The van der Waals surface area contributed by atoms with Gasteiger partial charge in [0.25, 0.3) is 10.0 Å². The van der Waals surface area contributed by atoms with E-state index in [1.54, 1.807) is 18.2 Å². The molecule has 1 aliphatic heterocycles. The summed E-state index contributed by atoms with van der Waals surface area (Å²) in [5.41, 5.74) is 4.97. The lowest BCUT2D eigenvalue weighted by atomic mass is 10.1. The highest BCUT2D eigenvalue weighted by Gasteiger charge is 2.27. The molecule has 172 valence electrons. The maximum absolute atomic E-state index is 13.2. The Balaban J connectivity index is 1.47. The lowest BCUT2D eigenvalue weighted by Crippen LogP contribution is -2.16. The van der Waals surface area contributed by atoms with Crippen molar-refractivity contribution < 1.29 is 17.9 Å². The molecule has 4 aromatic rings. The molecule has 0 bridgehead atoms. The molecule has 10 nitrogen and oxygen atoms in total. The molecular weight excluding hydrogens is 444 g/mol. The molecule has 0 fully saturated rings. The van der Waals surface area contributed by atoms with Crippen molar-refractivity contribution in [2.75, 3.05) is 18.9 Å². The van der Waals surface area contributed by atoms with Crippen LogP contribution >= 0.6 is 0 Å². The highest BCUT2D eigenvalue weighted by molar-refractivity contribution is 7.93. The summed E-state index contributed by atoms with van der Waals surface area (Å²) in [6.07, 6.45) is 2.06. The lowest BCUT2D eigenvalue weighted by Gasteiger charge is -2.14. The molecule has 0 atom stereocenters. The average Bonchev–Trinajstić information content (AvgIpc) is 3.48. The maximum atomic E-state index is 13.2. The fourth-order valence-corrected chi connectivity index (χ4v) is 5.58. The van der Waals surface area contributed by atoms with Crippen LogP contribution in [-0.2, 0) is 29.7 Å². The minimum Gasteiger partial charge on any atom is -0.495 e. The second-order valence-electron chi connectivity index (χ2n) is 7.91. The van der Waals surface area contributed by atoms with Crippen LogP contribution in [0, 0.1) is 6.92 Å². The van der Waals surface area contributed by atoms with Gasteiger partial charge in [0.15, 0.2) is 10.7 Å². The van der Waals surface area contributed by atoms with E-state index in [1.165, 1.54) is 19.8 Å². The molecule has 0 saturated heterocycles. The Hall–Kier alpha value is -3.57. The van der Waals surface area contributed by atoms with Gasteiger partial charge in [0.1, 0.15) is 11.5 Å². The number of sulfonamides is 1. The number of fused-ring (bicyclic) bond motifs is 2. The van der Waals surface area contributed by atoms with E-state index in [4.69, 9.17) is 9.47 Å². The first-order chi connectivity index (χ1) is 15.9.